The lowest BCUT2D eigenvalue weighted by Crippen LogP contribution is -2.36. The van der Waals surface area contributed by atoms with Gasteiger partial charge in [0, 0.05) is 19.2 Å². The van der Waals surface area contributed by atoms with Crippen molar-refractivity contribution in [2.45, 2.75) is 39.0 Å². The first-order valence-corrected chi connectivity index (χ1v) is 6.63. The van der Waals surface area contributed by atoms with E-state index in [0.29, 0.717) is 11.6 Å². The fraction of sp³-hybridized carbons (Fsp3) is 0.533. The standard InChI is InChI=1S/C15H21NO3/c1-10-8-12(15(17)18)4-5-13(10)9-16(3)14-6-7-19-11(14)2/h4-5,8,11,14H,6-7,9H2,1-3H3,(H,17,18). The van der Waals surface area contributed by atoms with Gasteiger partial charge in [0.1, 0.15) is 0 Å². The smallest absolute Gasteiger partial charge is 0.335 e. The number of aryl methyl sites for hydroxylation is 1. The summed E-state index contributed by atoms with van der Waals surface area (Å²) in [5, 5.41) is 8.96. The zero-order chi connectivity index (χ0) is 14.0. The molecule has 1 saturated heterocycles. The monoisotopic (exact) mass is 263 g/mol. The van der Waals surface area contributed by atoms with Crippen LogP contribution in [-0.4, -0.2) is 41.8 Å². The number of benzene rings is 1. The van der Waals surface area contributed by atoms with E-state index in [1.165, 1.54) is 5.56 Å². The van der Waals surface area contributed by atoms with Crippen LogP contribution in [-0.2, 0) is 11.3 Å². The highest BCUT2D eigenvalue weighted by Gasteiger charge is 2.27. The van der Waals surface area contributed by atoms with Gasteiger partial charge in [0.05, 0.1) is 11.7 Å². The van der Waals surface area contributed by atoms with Crippen LogP contribution >= 0.6 is 0 Å². The molecule has 0 bridgehead atoms. The topological polar surface area (TPSA) is 49.8 Å². The van der Waals surface area contributed by atoms with Crippen LogP contribution in [0, 0.1) is 6.92 Å². The van der Waals surface area contributed by atoms with Crippen molar-refractivity contribution in [3.05, 3.63) is 34.9 Å². The van der Waals surface area contributed by atoms with Crippen molar-refractivity contribution in [3.63, 3.8) is 0 Å². The Balaban J connectivity index is 2.08. The molecule has 1 N–H and O–H groups in total. The number of carbonyl (C=O) groups is 1. The Hall–Kier alpha value is -1.39. The molecular formula is C15H21NO3. The molecule has 1 heterocycles. The molecule has 0 aliphatic carbocycles. The third kappa shape index (κ3) is 3.14. The van der Waals surface area contributed by atoms with Crippen molar-refractivity contribution in [2.24, 2.45) is 0 Å². The van der Waals surface area contributed by atoms with Crippen molar-refractivity contribution in [2.75, 3.05) is 13.7 Å². The third-order valence-corrected chi connectivity index (χ3v) is 3.91. The van der Waals surface area contributed by atoms with E-state index in [0.717, 1.165) is 25.1 Å². The van der Waals surface area contributed by atoms with Gasteiger partial charge < -0.3 is 9.84 Å². The molecule has 104 valence electrons. The van der Waals surface area contributed by atoms with Crippen molar-refractivity contribution < 1.29 is 14.6 Å². The van der Waals surface area contributed by atoms with E-state index in [1.54, 1.807) is 12.1 Å². The molecule has 0 spiro atoms. The van der Waals surface area contributed by atoms with Crippen molar-refractivity contribution in [1.82, 2.24) is 4.90 Å². The van der Waals surface area contributed by atoms with Gasteiger partial charge in [-0.25, -0.2) is 4.79 Å². The van der Waals surface area contributed by atoms with Gasteiger partial charge in [0.2, 0.25) is 0 Å². The van der Waals surface area contributed by atoms with Gasteiger partial charge in [-0.3, -0.25) is 4.90 Å². The molecule has 1 aromatic carbocycles. The molecule has 1 aromatic rings. The molecule has 1 fully saturated rings. The van der Waals surface area contributed by atoms with Gasteiger partial charge in [0.25, 0.3) is 0 Å². The van der Waals surface area contributed by atoms with Gasteiger partial charge >= 0.3 is 5.97 Å². The molecular weight excluding hydrogens is 242 g/mol. The number of rotatable bonds is 4. The molecule has 4 nitrogen and oxygen atoms in total. The summed E-state index contributed by atoms with van der Waals surface area (Å²) in [6.07, 6.45) is 1.33. The third-order valence-electron chi connectivity index (χ3n) is 3.91. The quantitative estimate of drug-likeness (QED) is 0.905. The van der Waals surface area contributed by atoms with E-state index in [2.05, 4.69) is 18.9 Å². The van der Waals surface area contributed by atoms with E-state index >= 15 is 0 Å². The highest BCUT2D eigenvalue weighted by Crippen LogP contribution is 2.21. The average Bonchev–Trinajstić information content (AvgIpc) is 2.77. The number of carboxylic acid groups (broad SMARTS) is 1. The van der Waals surface area contributed by atoms with Gasteiger partial charge in [-0.2, -0.15) is 0 Å². The van der Waals surface area contributed by atoms with Gasteiger partial charge in [0.15, 0.2) is 0 Å². The summed E-state index contributed by atoms with van der Waals surface area (Å²) in [6, 6.07) is 5.77. The first-order valence-electron chi connectivity index (χ1n) is 6.63. The average molecular weight is 263 g/mol. The van der Waals surface area contributed by atoms with Crippen LogP contribution in [0.1, 0.15) is 34.8 Å². The Kier molecular flexibility index (Phi) is 4.22. The summed E-state index contributed by atoms with van der Waals surface area (Å²) in [5.74, 6) is -0.874. The molecule has 0 radical (unpaired) electrons. The van der Waals surface area contributed by atoms with Crippen molar-refractivity contribution in [1.29, 1.82) is 0 Å². The minimum Gasteiger partial charge on any atom is -0.478 e. The van der Waals surface area contributed by atoms with E-state index in [9.17, 15) is 4.79 Å². The molecule has 4 heteroatoms. The largest absolute Gasteiger partial charge is 0.478 e. The minimum atomic E-state index is -0.874. The number of likely N-dealkylation sites (N-methyl/N-ethyl adjacent to an activating group) is 1. The highest BCUT2D eigenvalue weighted by molar-refractivity contribution is 5.87. The number of nitrogens with zero attached hydrogens (tertiary/aromatic N) is 1. The molecule has 1 aliphatic heterocycles. The van der Waals surface area contributed by atoms with Crippen LogP contribution in [0.15, 0.2) is 18.2 Å². The van der Waals surface area contributed by atoms with E-state index in [4.69, 9.17) is 9.84 Å². The van der Waals surface area contributed by atoms with Crippen LogP contribution in [0.25, 0.3) is 0 Å². The summed E-state index contributed by atoms with van der Waals surface area (Å²) in [4.78, 5) is 13.2. The van der Waals surface area contributed by atoms with Crippen LogP contribution < -0.4 is 0 Å². The maximum absolute atomic E-state index is 10.9. The Morgan fingerprint density at radius 3 is 2.79 bits per heavy atom. The molecule has 0 saturated carbocycles. The normalized spacial score (nSPS) is 22.9. The SMILES string of the molecule is Cc1cc(C(=O)O)ccc1CN(C)C1CCOC1C. The summed E-state index contributed by atoms with van der Waals surface area (Å²) < 4.78 is 5.59. The van der Waals surface area contributed by atoms with Crippen LogP contribution in [0.2, 0.25) is 0 Å². The Bertz CT molecular complexity index is 472. The number of carboxylic acids is 1. The van der Waals surface area contributed by atoms with Gasteiger partial charge in [-0.15, -0.1) is 0 Å². The van der Waals surface area contributed by atoms with Crippen molar-refractivity contribution >= 4 is 5.97 Å². The fourth-order valence-electron chi connectivity index (χ4n) is 2.69. The molecule has 2 rings (SSSR count). The Morgan fingerprint density at radius 2 is 2.26 bits per heavy atom. The molecule has 2 atom stereocenters. The fourth-order valence-corrected chi connectivity index (χ4v) is 2.69. The lowest BCUT2D eigenvalue weighted by atomic mass is 10.0. The van der Waals surface area contributed by atoms with Gasteiger partial charge in [-0.05, 0) is 50.6 Å². The van der Waals surface area contributed by atoms with Crippen LogP contribution in [0.3, 0.4) is 0 Å². The lowest BCUT2D eigenvalue weighted by Gasteiger charge is -2.27. The van der Waals surface area contributed by atoms with Crippen LogP contribution in [0.4, 0.5) is 0 Å². The van der Waals surface area contributed by atoms with Crippen molar-refractivity contribution in [3.8, 4) is 0 Å². The minimum absolute atomic E-state index is 0.267. The maximum Gasteiger partial charge on any atom is 0.335 e. The van der Waals surface area contributed by atoms with E-state index in [-0.39, 0.29) is 6.10 Å². The lowest BCUT2D eigenvalue weighted by molar-refractivity contribution is 0.0696. The molecule has 2 unspecified atom stereocenters. The zero-order valence-electron chi connectivity index (χ0n) is 11.7. The molecule has 0 aromatic heterocycles. The number of aromatic carboxylic acids is 1. The molecule has 19 heavy (non-hydrogen) atoms. The number of ether oxygens (including phenoxy) is 1. The predicted octanol–water partition coefficient (Wildman–Crippen LogP) is 2.30. The summed E-state index contributed by atoms with van der Waals surface area (Å²) in [6.45, 7) is 5.72. The zero-order valence-corrected chi connectivity index (χ0v) is 11.7. The molecule has 0 amide bonds. The number of hydrogen-bond donors (Lipinski definition) is 1. The summed E-state index contributed by atoms with van der Waals surface area (Å²) in [7, 11) is 2.10. The second-order valence-corrected chi connectivity index (χ2v) is 5.29. The maximum atomic E-state index is 10.9. The summed E-state index contributed by atoms with van der Waals surface area (Å²) in [5.41, 5.74) is 2.55. The van der Waals surface area contributed by atoms with E-state index < -0.39 is 5.97 Å². The predicted molar refractivity (Wildman–Crippen MR) is 73.4 cm³/mol. The molecule has 1 aliphatic rings. The number of hydrogen-bond acceptors (Lipinski definition) is 3. The first kappa shape index (κ1) is 14.0. The van der Waals surface area contributed by atoms with Crippen LogP contribution in [0.5, 0.6) is 0 Å². The highest BCUT2D eigenvalue weighted by atomic mass is 16.5. The second kappa shape index (κ2) is 5.72. The van der Waals surface area contributed by atoms with Gasteiger partial charge in [-0.1, -0.05) is 6.07 Å². The van der Waals surface area contributed by atoms with E-state index in [1.807, 2.05) is 13.0 Å². The summed E-state index contributed by atoms with van der Waals surface area (Å²) >= 11 is 0. The first-order chi connectivity index (χ1) is 8.99. The second-order valence-electron chi connectivity index (χ2n) is 5.29. The Morgan fingerprint density at radius 1 is 1.53 bits per heavy atom. The Labute approximate surface area is 114 Å².